The molecule has 2 aromatic rings. The Balaban J connectivity index is 1.79. The number of carbonyl (C=O) groups is 3. The number of rotatable bonds is 6. The summed E-state index contributed by atoms with van der Waals surface area (Å²) in [6.07, 6.45) is 0.698. The van der Waals surface area contributed by atoms with E-state index in [4.69, 9.17) is 11.6 Å². The molecule has 2 aliphatic rings. The molecular weight excluding hydrogens is 628 g/mol. The zero-order chi connectivity index (χ0) is 26.3. The van der Waals surface area contributed by atoms with Crippen molar-refractivity contribution in [3.8, 4) is 0 Å². The zero-order valence-corrected chi connectivity index (χ0v) is 22.2. The fourth-order valence-corrected chi connectivity index (χ4v) is 5.86. The van der Waals surface area contributed by atoms with Crippen LogP contribution in [0.4, 0.5) is 11.4 Å². The first-order chi connectivity index (χ1) is 17.0. The third-order valence-corrected chi connectivity index (χ3v) is 9.20. The minimum atomic E-state index is -0.894. The lowest BCUT2D eigenvalue weighted by Gasteiger charge is -2.30. The average Bonchev–Trinajstić information content (AvgIpc) is 3.07. The maximum absolute atomic E-state index is 13.6. The number of imide groups is 1. The van der Waals surface area contributed by atoms with Gasteiger partial charge in [-0.1, -0.05) is 49.5 Å². The van der Waals surface area contributed by atoms with E-state index in [9.17, 15) is 34.6 Å². The summed E-state index contributed by atoms with van der Waals surface area (Å²) in [6.45, 7) is -0.512. The second-order valence-electron chi connectivity index (χ2n) is 8.41. The first-order valence-electron chi connectivity index (χ1n) is 10.6. The van der Waals surface area contributed by atoms with Crippen molar-refractivity contribution in [2.45, 2.75) is 29.0 Å². The molecule has 0 spiro atoms. The highest BCUT2D eigenvalue weighted by Gasteiger charge is 2.54. The number of nitrogens with zero attached hydrogens (tertiary/aromatic N) is 4. The molecule has 0 radical (unpaired) electrons. The molecule has 4 rings (SSSR count). The largest absolute Gasteiger partial charge is 0.275 e. The minimum absolute atomic E-state index is 0.0235. The van der Waals surface area contributed by atoms with Gasteiger partial charge < -0.3 is 0 Å². The molecule has 36 heavy (non-hydrogen) atoms. The van der Waals surface area contributed by atoms with Crippen LogP contribution in [0, 0.1) is 32.1 Å². The van der Waals surface area contributed by atoms with Gasteiger partial charge in [0.1, 0.15) is 0 Å². The number of non-ortho nitro benzene ring substituents is 1. The lowest BCUT2D eigenvalue weighted by atomic mass is 9.81. The van der Waals surface area contributed by atoms with Gasteiger partial charge in [0, 0.05) is 38.4 Å². The van der Waals surface area contributed by atoms with Gasteiger partial charge in [-0.3, -0.25) is 34.6 Å². The van der Waals surface area contributed by atoms with Crippen molar-refractivity contribution < 1.29 is 24.2 Å². The summed E-state index contributed by atoms with van der Waals surface area (Å²) >= 11 is 12.9. The van der Waals surface area contributed by atoms with E-state index < -0.39 is 51.6 Å². The smallest absolute Gasteiger partial charge is 0.272 e. The number of halogens is 3. The Morgan fingerprint density at radius 1 is 1.00 bits per heavy atom. The quantitative estimate of drug-likeness (QED) is 0.193. The molecular formula is C22H17Br2ClN4O7. The SMILES string of the molecule is O=C(c1cccc([N+](=O)[O-])c1)N(Cc1ccc(Cl)cc1[N+](=O)[O-])N1C(=O)[C@@H]2C[C@@H](Br)[C@@H](Br)C[C@H]2C1=O. The number of nitro groups is 2. The van der Waals surface area contributed by atoms with Crippen molar-refractivity contribution >= 4 is 72.6 Å². The van der Waals surface area contributed by atoms with E-state index in [1.165, 1.54) is 30.3 Å². The standard InChI is InChI=1S/C22H17Br2ClN4O7/c23-17-8-15-16(9-18(17)24)22(32)27(21(15)31)26(10-12-4-5-13(25)7-19(12)29(35)36)20(30)11-2-1-3-14(6-11)28(33)34/h1-7,15-18H,8-10H2/t15-,16-,17-,18+/m1/s1. The molecule has 0 unspecified atom stereocenters. The molecule has 0 aromatic heterocycles. The van der Waals surface area contributed by atoms with Gasteiger partial charge in [0.05, 0.1) is 33.8 Å². The maximum Gasteiger partial charge on any atom is 0.275 e. The van der Waals surface area contributed by atoms with E-state index in [2.05, 4.69) is 31.9 Å². The molecule has 2 fully saturated rings. The Bertz CT molecular complexity index is 1260. The summed E-state index contributed by atoms with van der Waals surface area (Å²) in [5.41, 5.74) is -0.907. The second-order valence-corrected chi connectivity index (χ2v) is 11.2. The lowest BCUT2D eigenvalue weighted by Crippen LogP contribution is -2.49. The molecule has 1 aliphatic carbocycles. The van der Waals surface area contributed by atoms with Gasteiger partial charge in [-0.15, -0.1) is 0 Å². The zero-order valence-electron chi connectivity index (χ0n) is 18.3. The van der Waals surface area contributed by atoms with E-state index >= 15 is 0 Å². The van der Waals surface area contributed by atoms with Crippen LogP contribution in [0.5, 0.6) is 0 Å². The van der Waals surface area contributed by atoms with Gasteiger partial charge in [-0.2, -0.15) is 5.01 Å². The second kappa shape index (κ2) is 10.2. The number of fused-ring (bicyclic) bond motifs is 1. The van der Waals surface area contributed by atoms with Crippen LogP contribution in [0.15, 0.2) is 42.5 Å². The van der Waals surface area contributed by atoms with E-state index in [1.807, 2.05) is 0 Å². The van der Waals surface area contributed by atoms with Crippen LogP contribution in [0.2, 0.25) is 5.02 Å². The Kier molecular flexibility index (Phi) is 7.43. The molecule has 14 heteroatoms. The Morgan fingerprint density at radius 2 is 1.61 bits per heavy atom. The predicted molar refractivity (Wildman–Crippen MR) is 135 cm³/mol. The summed E-state index contributed by atoms with van der Waals surface area (Å²) in [5, 5.41) is 24.5. The summed E-state index contributed by atoms with van der Waals surface area (Å²) in [7, 11) is 0. The van der Waals surface area contributed by atoms with Crippen molar-refractivity contribution in [1.82, 2.24) is 10.0 Å². The average molecular weight is 645 g/mol. The molecule has 4 atom stereocenters. The Hall–Kier alpha value is -2.90. The normalized spacial score (nSPS) is 23.4. The van der Waals surface area contributed by atoms with E-state index in [1.54, 1.807) is 0 Å². The number of carbonyl (C=O) groups excluding carboxylic acids is 3. The fourth-order valence-electron chi connectivity index (χ4n) is 4.45. The number of amides is 3. The van der Waals surface area contributed by atoms with Crippen LogP contribution < -0.4 is 0 Å². The van der Waals surface area contributed by atoms with Gasteiger partial charge in [-0.05, 0) is 31.0 Å². The van der Waals surface area contributed by atoms with Crippen LogP contribution in [-0.2, 0) is 16.1 Å². The summed E-state index contributed by atoms with van der Waals surface area (Å²) in [5.74, 6) is -3.48. The number of hydrogen-bond donors (Lipinski definition) is 0. The van der Waals surface area contributed by atoms with E-state index in [0.29, 0.717) is 12.8 Å². The van der Waals surface area contributed by atoms with E-state index in [0.717, 1.165) is 22.2 Å². The number of alkyl halides is 2. The third kappa shape index (κ3) is 4.87. The molecule has 2 aromatic carbocycles. The van der Waals surface area contributed by atoms with Crippen molar-refractivity contribution in [1.29, 1.82) is 0 Å². The number of benzene rings is 2. The van der Waals surface area contributed by atoms with Gasteiger partial charge in [-0.25, -0.2) is 5.01 Å². The highest BCUT2D eigenvalue weighted by atomic mass is 79.9. The van der Waals surface area contributed by atoms with Crippen molar-refractivity contribution in [2.24, 2.45) is 11.8 Å². The van der Waals surface area contributed by atoms with Crippen LogP contribution in [0.25, 0.3) is 0 Å². The Labute approximate surface area is 225 Å². The van der Waals surface area contributed by atoms with Crippen LogP contribution in [-0.4, -0.2) is 47.2 Å². The fraction of sp³-hybridized carbons (Fsp3) is 0.318. The number of hydrogen-bond acceptors (Lipinski definition) is 7. The molecule has 1 saturated carbocycles. The highest BCUT2D eigenvalue weighted by Crippen LogP contribution is 2.44. The molecule has 0 bridgehead atoms. The van der Waals surface area contributed by atoms with Crippen molar-refractivity contribution in [3.05, 3.63) is 78.8 Å². The van der Waals surface area contributed by atoms with Gasteiger partial charge in [0.15, 0.2) is 0 Å². The number of hydrazine groups is 1. The first kappa shape index (κ1) is 26.2. The topological polar surface area (TPSA) is 144 Å². The highest BCUT2D eigenvalue weighted by molar-refractivity contribution is 9.12. The van der Waals surface area contributed by atoms with Crippen molar-refractivity contribution in [3.63, 3.8) is 0 Å². The summed E-state index contributed by atoms with van der Waals surface area (Å²) in [4.78, 5) is 61.9. The van der Waals surface area contributed by atoms with Crippen LogP contribution >= 0.6 is 43.5 Å². The lowest BCUT2D eigenvalue weighted by molar-refractivity contribution is -0.385. The van der Waals surface area contributed by atoms with Crippen LogP contribution in [0.1, 0.15) is 28.8 Å². The van der Waals surface area contributed by atoms with Crippen LogP contribution in [0.3, 0.4) is 0 Å². The Morgan fingerprint density at radius 3 is 2.17 bits per heavy atom. The molecule has 188 valence electrons. The maximum atomic E-state index is 13.6. The van der Waals surface area contributed by atoms with Gasteiger partial charge in [0.25, 0.3) is 29.1 Å². The molecule has 0 N–H and O–H groups in total. The van der Waals surface area contributed by atoms with Gasteiger partial charge in [0.2, 0.25) is 0 Å². The first-order valence-corrected chi connectivity index (χ1v) is 12.9. The summed E-state index contributed by atoms with van der Waals surface area (Å²) in [6, 6.07) is 8.63. The molecule has 1 saturated heterocycles. The van der Waals surface area contributed by atoms with Crippen molar-refractivity contribution in [2.75, 3.05) is 0 Å². The monoisotopic (exact) mass is 642 g/mol. The van der Waals surface area contributed by atoms with Gasteiger partial charge >= 0.3 is 0 Å². The minimum Gasteiger partial charge on any atom is -0.272 e. The molecule has 11 nitrogen and oxygen atoms in total. The summed E-state index contributed by atoms with van der Waals surface area (Å²) < 4.78 is 0. The molecule has 1 aliphatic heterocycles. The van der Waals surface area contributed by atoms with E-state index in [-0.39, 0.29) is 31.5 Å². The number of nitro benzene ring substituents is 2. The third-order valence-electron chi connectivity index (χ3n) is 6.23. The molecule has 1 heterocycles. The predicted octanol–water partition coefficient (Wildman–Crippen LogP) is 4.64. The molecule has 3 amide bonds.